The Bertz CT molecular complexity index is 801. The number of fused-ring (bicyclic) bond motifs is 1. The van der Waals surface area contributed by atoms with E-state index in [2.05, 4.69) is 11.1 Å². The highest BCUT2D eigenvalue weighted by Gasteiger charge is 2.56. The summed E-state index contributed by atoms with van der Waals surface area (Å²) >= 11 is 0. The Kier molecular flexibility index (Phi) is 7.29. The predicted octanol–water partition coefficient (Wildman–Crippen LogP) is 2.07. The minimum absolute atomic E-state index is 0.0985. The molecular weight excluding hydrogens is 372 g/mol. The molecule has 3 rings (SSSR count). The third-order valence-corrected chi connectivity index (χ3v) is 5.86. The Hall–Kier alpha value is -1.93. The molecule has 0 bridgehead atoms. The molecule has 1 aliphatic heterocycles. The van der Waals surface area contributed by atoms with Crippen molar-refractivity contribution in [2.24, 2.45) is 5.41 Å². The molecule has 7 heteroatoms. The smallest absolute Gasteiger partial charge is 0.236 e. The Morgan fingerprint density at radius 1 is 1.28 bits per heavy atom. The van der Waals surface area contributed by atoms with E-state index in [0.717, 1.165) is 16.5 Å². The number of aliphatic hydroxyl groups is 2. The second kappa shape index (κ2) is 9.71. The van der Waals surface area contributed by atoms with Gasteiger partial charge in [0.2, 0.25) is 5.91 Å². The standard InChI is InChI=1S/C22H32N2O5/c1-3-28-21(29-4-2)22(11-14-25)19(26)10-13-24(20(22)27)12-9-16-15-23-18-8-6-5-7-17(16)18/h5-8,15,19,21,23,25-26H,3-4,9-14H2,1-2H3. The fraction of sp³-hybridized carbons (Fsp3) is 0.591. The van der Waals surface area contributed by atoms with Gasteiger partial charge in [-0.2, -0.15) is 0 Å². The second-order valence-electron chi connectivity index (χ2n) is 7.46. The normalized spacial score (nSPS) is 22.7. The SMILES string of the molecule is CCOC(OCC)C1(CCO)C(=O)N(CCc2c[nH]c3ccccc23)CCC1O. The number of piperidine rings is 1. The first kappa shape index (κ1) is 21.8. The monoisotopic (exact) mass is 404 g/mol. The van der Waals surface area contributed by atoms with Crippen molar-refractivity contribution in [3.8, 4) is 0 Å². The first-order valence-electron chi connectivity index (χ1n) is 10.4. The number of nitrogens with one attached hydrogen (secondary N) is 1. The van der Waals surface area contributed by atoms with Gasteiger partial charge in [0, 0.05) is 50.0 Å². The van der Waals surface area contributed by atoms with Gasteiger partial charge in [-0.05, 0) is 44.7 Å². The number of hydrogen-bond acceptors (Lipinski definition) is 5. The molecule has 2 heterocycles. The van der Waals surface area contributed by atoms with Crippen LogP contribution >= 0.6 is 0 Å². The van der Waals surface area contributed by atoms with E-state index in [4.69, 9.17) is 9.47 Å². The molecule has 29 heavy (non-hydrogen) atoms. The van der Waals surface area contributed by atoms with Crippen molar-refractivity contribution in [3.05, 3.63) is 36.0 Å². The highest BCUT2D eigenvalue weighted by atomic mass is 16.7. The van der Waals surface area contributed by atoms with Crippen LogP contribution in [0.1, 0.15) is 32.3 Å². The van der Waals surface area contributed by atoms with Crippen LogP contribution in [0.5, 0.6) is 0 Å². The number of aromatic nitrogens is 1. The van der Waals surface area contributed by atoms with Crippen LogP contribution in [0.25, 0.3) is 10.9 Å². The van der Waals surface area contributed by atoms with Crippen LogP contribution in [0.3, 0.4) is 0 Å². The first-order chi connectivity index (χ1) is 14.1. The number of aliphatic hydroxyl groups excluding tert-OH is 2. The van der Waals surface area contributed by atoms with Crippen LogP contribution in [0.15, 0.2) is 30.5 Å². The lowest BCUT2D eigenvalue weighted by Gasteiger charge is -2.48. The van der Waals surface area contributed by atoms with Gasteiger partial charge < -0.3 is 29.6 Å². The molecule has 1 aliphatic rings. The first-order valence-corrected chi connectivity index (χ1v) is 10.4. The topological polar surface area (TPSA) is 95.0 Å². The van der Waals surface area contributed by atoms with E-state index in [0.29, 0.717) is 39.1 Å². The minimum Gasteiger partial charge on any atom is -0.396 e. The number of ether oxygens (including phenoxy) is 2. The Morgan fingerprint density at radius 2 is 2.00 bits per heavy atom. The van der Waals surface area contributed by atoms with Gasteiger partial charge in [-0.15, -0.1) is 0 Å². The van der Waals surface area contributed by atoms with Gasteiger partial charge in [-0.25, -0.2) is 0 Å². The lowest BCUT2D eigenvalue weighted by atomic mass is 9.73. The molecule has 0 saturated carbocycles. The molecule has 160 valence electrons. The second-order valence-corrected chi connectivity index (χ2v) is 7.46. The molecule has 0 radical (unpaired) electrons. The largest absolute Gasteiger partial charge is 0.396 e. The maximum atomic E-state index is 13.5. The molecule has 1 amide bonds. The van der Waals surface area contributed by atoms with E-state index in [9.17, 15) is 15.0 Å². The number of likely N-dealkylation sites (tertiary alicyclic amines) is 1. The average molecular weight is 405 g/mol. The van der Waals surface area contributed by atoms with E-state index < -0.39 is 17.8 Å². The number of carbonyl (C=O) groups is 1. The zero-order valence-corrected chi connectivity index (χ0v) is 17.3. The quantitative estimate of drug-likeness (QED) is 0.527. The molecule has 2 unspecified atom stereocenters. The maximum absolute atomic E-state index is 13.5. The van der Waals surface area contributed by atoms with Crippen molar-refractivity contribution in [2.45, 2.75) is 45.5 Å². The zero-order valence-electron chi connectivity index (χ0n) is 17.3. The third-order valence-electron chi connectivity index (χ3n) is 5.86. The molecule has 0 aliphatic carbocycles. The summed E-state index contributed by atoms with van der Waals surface area (Å²) < 4.78 is 11.5. The molecule has 0 spiro atoms. The minimum atomic E-state index is -1.29. The van der Waals surface area contributed by atoms with Crippen molar-refractivity contribution < 1.29 is 24.5 Å². The Balaban J connectivity index is 1.82. The number of rotatable bonds is 10. The van der Waals surface area contributed by atoms with Crippen molar-refractivity contribution >= 4 is 16.8 Å². The molecule has 3 N–H and O–H groups in total. The van der Waals surface area contributed by atoms with Gasteiger partial charge in [0.15, 0.2) is 6.29 Å². The number of aromatic amines is 1. The van der Waals surface area contributed by atoms with Crippen LogP contribution in [-0.2, 0) is 20.7 Å². The van der Waals surface area contributed by atoms with Gasteiger partial charge in [0.25, 0.3) is 0 Å². The number of H-pyrrole nitrogens is 1. The number of nitrogens with zero attached hydrogens (tertiary/aromatic N) is 1. The maximum Gasteiger partial charge on any atom is 0.236 e. The van der Waals surface area contributed by atoms with Gasteiger partial charge in [0.1, 0.15) is 5.41 Å². The van der Waals surface area contributed by atoms with Gasteiger partial charge in [0.05, 0.1) is 6.10 Å². The summed E-state index contributed by atoms with van der Waals surface area (Å²) in [5.74, 6) is -0.211. The lowest BCUT2D eigenvalue weighted by Crippen LogP contribution is -2.63. The van der Waals surface area contributed by atoms with Crippen molar-refractivity contribution in [1.29, 1.82) is 0 Å². The summed E-state index contributed by atoms with van der Waals surface area (Å²) in [6.07, 6.45) is 1.41. The summed E-state index contributed by atoms with van der Waals surface area (Å²) in [6.45, 7) is 5.14. The van der Waals surface area contributed by atoms with E-state index in [1.165, 1.54) is 0 Å². The summed E-state index contributed by atoms with van der Waals surface area (Å²) in [4.78, 5) is 18.6. The molecule has 1 aromatic carbocycles. The summed E-state index contributed by atoms with van der Waals surface area (Å²) in [6, 6.07) is 8.09. The third kappa shape index (κ3) is 4.19. The number of benzene rings is 1. The molecule has 7 nitrogen and oxygen atoms in total. The molecular formula is C22H32N2O5. The highest BCUT2D eigenvalue weighted by molar-refractivity contribution is 5.85. The van der Waals surface area contributed by atoms with Gasteiger partial charge in [-0.3, -0.25) is 4.79 Å². The van der Waals surface area contributed by atoms with E-state index in [-0.39, 0.29) is 18.9 Å². The molecule has 2 atom stereocenters. The molecule has 1 aromatic heterocycles. The zero-order chi connectivity index (χ0) is 20.9. The van der Waals surface area contributed by atoms with Crippen molar-refractivity contribution in [1.82, 2.24) is 9.88 Å². The van der Waals surface area contributed by atoms with Crippen LogP contribution in [-0.4, -0.2) is 71.3 Å². The van der Waals surface area contributed by atoms with Crippen molar-refractivity contribution in [3.63, 3.8) is 0 Å². The summed E-state index contributed by atoms with van der Waals surface area (Å²) in [5.41, 5.74) is 0.933. The average Bonchev–Trinajstić information content (AvgIpc) is 3.14. The number of para-hydroxylation sites is 1. The fourth-order valence-electron chi connectivity index (χ4n) is 4.36. The van der Waals surface area contributed by atoms with E-state index >= 15 is 0 Å². The number of amides is 1. The fourth-order valence-corrected chi connectivity index (χ4v) is 4.36. The molecule has 1 fully saturated rings. The van der Waals surface area contributed by atoms with Crippen LogP contribution in [0, 0.1) is 5.41 Å². The van der Waals surface area contributed by atoms with E-state index in [1.54, 1.807) is 4.90 Å². The van der Waals surface area contributed by atoms with Crippen LogP contribution in [0.4, 0.5) is 0 Å². The summed E-state index contributed by atoms with van der Waals surface area (Å²) in [5, 5.41) is 21.7. The van der Waals surface area contributed by atoms with Gasteiger partial charge >= 0.3 is 0 Å². The Morgan fingerprint density at radius 3 is 2.69 bits per heavy atom. The Labute approximate surface area is 171 Å². The number of hydrogen-bond donors (Lipinski definition) is 3. The van der Waals surface area contributed by atoms with Crippen LogP contribution in [0.2, 0.25) is 0 Å². The number of carbonyl (C=O) groups excluding carboxylic acids is 1. The van der Waals surface area contributed by atoms with Gasteiger partial charge in [-0.1, -0.05) is 18.2 Å². The predicted molar refractivity (Wildman–Crippen MR) is 110 cm³/mol. The lowest BCUT2D eigenvalue weighted by molar-refractivity contribution is -0.243. The van der Waals surface area contributed by atoms with Crippen LogP contribution < -0.4 is 0 Å². The van der Waals surface area contributed by atoms with E-state index in [1.807, 2.05) is 38.2 Å². The molecule has 2 aromatic rings. The summed E-state index contributed by atoms with van der Waals surface area (Å²) in [7, 11) is 0. The molecule has 1 saturated heterocycles. The highest BCUT2D eigenvalue weighted by Crippen LogP contribution is 2.40. The van der Waals surface area contributed by atoms with Crippen molar-refractivity contribution in [2.75, 3.05) is 32.9 Å².